The Morgan fingerprint density at radius 3 is 2.61 bits per heavy atom. The van der Waals surface area contributed by atoms with E-state index in [-0.39, 0.29) is 12.0 Å². The molecular weight excluding hydrogens is 376 g/mol. The predicted molar refractivity (Wildman–Crippen MR) is 105 cm³/mol. The van der Waals surface area contributed by atoms with Gasteiger partial charge in [0.2, 0.25) is 0 Å². The Morgan fingerprint density at radius 1 is 1.18 bits per heavy atom. The van der Waals surface area contributed by atoms with Crippen LogP contribution in [0, 0.1) is 13.8 Å². The number of rotatable bonds is 6. The monoisotopic (exact) mass is 396 g/mol. The molecule has 1 fully saturated rings. The predicted octanol–water partition coefficient (Wildman–Crippen LogP) is 2.92. The lowest BCUT2D eigenvalue weighted by Crippen LogP contribution is -2.38. The van der Waals surface area contributed by atoms with Crippen LogP contribution in [-0.2, 0) is 11.3 Å². The molecule has 0 aliphatic carbocycles. The molecule has 0 radical (unpaired) electrons. The Kier molecular flexibility index (Phi) is 5.31. The number of benzene rings is 1. The highest BCUT2D eigenvalue weighted by molar-refractivity contribution is 7.14. The van der Waals surface area contributed by atoms with Crippen molar-refractivity contribution < 1.29 is 14.3 Å². The number of amides is 1. The van der Waals surface area contributed by atoms with Gasteiger partial charge in [-0.25, -0.2) is 15.0 Å². The van der Waals surface area contributed by atoms with Gasteiger partial charge in [0, 0.05) is 46.7 Å². The first-order valence-corrected chi connectivity index (χ1v) is 9.76. The molecule has 4 rings (SSSR count). The number of aromatic nitrogens is 3. The molecule has 1 amide bonds. The molecule has 3 aromatic rings. The number of carbonyl (C=O) groups excluding carboxylic acids is 1. The minimum absolute atomic E-state index is 0.0221. The lowest BCUT2D eigenvalue weighted by molar-refractivity contribution is -0.0796. The highest BCUT2D eigenvalue weighted by atomic mass is 32.1. The normalized spacial score (nSPS) is 13.8. The second kappa shape index (κ2) is 8.04. The van der Waals surface area contributed by atoms with Crippen LogP contribution in [0.5, 0.6) is 5.75 Å². The minimum atomic E-state index is -0.189. The minimum Gasteiger partial charge on any atom is -0.486 e. The number of hydrogen-bond acceptors (Lipinski definition) is 7. The standard InChI is InChI=1S/C20H20N4O3S/c1-12-6-24-20(28-12)16-3-15(4-17(5-16)27-18-10-26-11-18)19(25)23-9-14-7-21-13(2)22-8-14/h3-8,18H,9-11H2,1-2H3,(H,23,25). The SMILES string of the molecule is Cc1ncc(CNC(=O)c2cc(OC3COC3)cc(-c3ncc(C)s3)c2)cn1. The smallest absolute Gasteiger partial charge is 0.251 e. The summed E-state index contributed by atoms with van der Waals surface area (Å²) in [7, 11) is 0. The second-order valence-electron chi connectivity index (χ2n) is 6.62. The number of nitrogens with one attached hydrogen (secondary N) is 1. The fourth-order valence-corrected chi connectivity index (χ4v) is 3.43. The average molecular weight is 396 g/mol. The summed E-state index contributed by atoms with van der Waals surface area (Å²) in [6.07, 6.45) is 5.27. The third-order valence-electron chi connectivity index (χ3n) is 4.23. The fourth-order valence-electron chi connectivity index (χ4n) is 2.68. The van der Waals surface area contributed by atoms with Crippen LogP contribution in [0.4, 0.5) is 0 Å². The zero-order chi connectivity index (χ0) is 19.5. The molecule has 1 aliphatic rings. The van der Waals surface area contributed by atoms with Crippen LogP contribution in [0.25, 0.3) is 10.6 Å². The van der Waals surface area contributed by atoms with E-state index in [4.69, 9.17) is 9.47 Å². The van der Waals surface area contributed by atoms with Crippen LogP contribution >= 0.6 is 11.3 Å². The van der Waals surface area contributed by atoms with Crippen molar-refractivity contribution in [2.75, 3.05) is 13.2 Å². The van der Waals surface area contributed by atoms with E-state index in [1.54, 1.807) is 29.8 Å². The lowest BCUT2D eigenvalue weighted by Gasteiger charge is -2.27. The molecule has 0 saturated carbocycles. The average Bonchev–Trinajstić information content (AvgIpc) is 3.10. The number of carbonyl (C=O) groups is 1. The molecular formula is C20H20N4O3S. The van der Waals surface area contributed by atoms with Crippen molar-refractivity contribution >= 4 is 17.2 Å². The van der Waals surface area contributed by atoms with Crippen molar-refractivity contribution in [3.63, 3.8) is 0 Å². The summed E-state index contributed by atoms with van der Waals surface area (Å²) in [4.78, 5) is 26.6. The second-order valence-corrected chi connectivity index (χ2v) is 7.86. The summed E-state index contributed by atoms with van der Waals surface area (Å²) in [6.45, 7) is 5.31. The van der Waals surface area contributed by atoms with Gasteiger partial charge in [0.25, 0.3) is 5.91 Å². The third kappa shape index (κ3) is 4.35. The summed E-state index contributed by atoms with van der Waals surface area (Å²) >= 11 is 1.58. The fraction of sp³-hybridized carbons (Fsp3) is 0.300. The largest absolute Gasteiger partial charge is 0.486 e. The van der Waals surface area contributed by atoms with E-state index in [1.165, 1.54) is 0 Å². The van der Waals surface area contributed by atoms with Crippen LogP contribution in [0.1, 0.15) is 26.6 Å². The summed E-state index contributed by atoms with van der Waals surface area (Å²) in [5.41, 5.74) is 2.22. The topological polar surface area (TPSA) is 86.2 Å². The number of hydrogen-bond donors (Lipinski definition) is 1. The molecule has 1 saturated heterocycles. The zero-order valence-corrected chi connectivity index (χ0v) is 16.5. The number of thiazole rings is 1. The van der Waals surface area contributed by atoms with Crippen molar-refractivity contribution in [2.24, 2.45) is 0 Å². The van der Waals surface area contributed by atoms with Gasteiger partial charge < -0.3 is 14.8 Å². The van der Waals surface area contributed by atoms with Gasteiger partial charge >= 0.3 is 0 Å². The lowest BCUT2D eigenvalue weighted by atomic mass is 10.1. The molecule has 1 N–H and O–H groups in total. The van der Waals surface area contributed by atoms with Gasteiger partial charge in [0.1, 0.15) is 22.7 Å². The van der Waals surface area contributed by atoms with E-state index < -0.39 is 0 Å². The molecule has 3 heterocycles. The van der Waals surface area contributed by atoms with E-state index >= 15 is 0 Å². The van der Waals surface area contributed by atoms with Crippen molar-refractivity contribution in [3.8, 4) is 16.3 Å². The first-order chi connectivity index (χ1) is 13.6. The van der Waals surface area contributed by atoms with Crippen LogP contribution in [-0.4, -0.2) is 40.2 Å². The zero-order valence-electron chi connectivity index (χ0n) is 15.6. The first-order valence-electron chi connectivity index (χ1n) is 8.95. The van der Waals surface area contributed by atoms with Gasteiger partial charge in [-0.2, -0.15) is 0 Å². The highest BCUT2D eigenvalue weighted by Crippen LogP contribution is 2.30. The first kappa shape index (κ1) is 18.5. The van der Waals surface area contributed by atoms with Gasteiger partial charge in [-0.1, -0.05) is 0 Å². The molecule has 0 atom stereocenters. The summed E-state index contributed by atoms with van der Waals surface area (Å²) in [5, 5.41) is 3.77. The Hall–Kier alpha value is -2.84. The molecule has 1 aromatic carbocycles. The van der Waals surface area contributed by atoms with Crippen LogP contribution < -0.4 is 10.1 Å². The molecule has 1 aliphatic heterocycles. The molecule has 7 nitrogen and oxygen atoms in total. The number of nitrogens with zero attached hydrogens (tertiary/aromatic N) is 3. The third-order valence-corrected chi connectivity index (χ3v) is 5.20. The molecule has 0 unspecified atom stereocenters. The Labute approximate surface area is 166 Å². The van der Waals surface area contributed by atoms with Crippen molar-refractivity contribution in [3.05, 3.63) is 58.6 Å². The van der Waals surface area contributed by atoms with E-state index in [0.29, 0.717) is 36.9 Å². The molecule has 144 valence electrons. The quantitative estimate of drug-likeness (QED) is 0.689. The van der Waals surface area contributed by atoms with Crippen molar-refractivity contribution in [2.45, 2.75) is 26.5 Å². The van der Waals surface area contributed by atoms with Gasteiger partial charge in [-0.3, -0.25) is 4.79 Å². The molecule has 0 spiro atoms. The van der Waals surface area contributed by atoms with Crippen molar-refractivity contribution in [1.29, 1.82) is 0 Å². The Bertz CT molecular complexity index is 983. The summed E-state index contributed by atoms with van der Waals surface area (Å²) in [6, 6.07) is 5.51. The molecule has 0 bridgehead atoms. The maximum Gasteiger partial charge on any atom is 0.251 e. The molecule has 2 aromatic heterocycles. The van der Waals surface area contributed by atoms with Crippen LogP contribution in [0.15, 0.2) is 36.8 Å². The number of aryl methyl sites for hydroxylation is 2. The molecule has 8 heteroatoms. The Morgan fingerprint density at radius 2 is 1.96 bits per heavy atom. The number of ether oxygens (including phenoxy) is 2. The van der Waals surface area contributed by atoms with E-state index in [2.05, 4.69) is 20.3 Å². The van der Waals surface area contributed by atoms with Gasteiger partial charge in [-0.05, 0) is 32.0 Å². The van der Waals surface area contributed by atoms with Gasteiger partial charge in [-0.15, -0.1) is 11.3 Å². The van der Waals surface area contributed by atoms with Crippen LogP contribution in [0.2, 0.25) is 0 Å². The molecule has 28 heavy (non-hydrogen) atoms. The van der Waals surface area contributed by atoms with E-state index in [0.717, 1.165) is 21.0 Å². The summed E-state index contributed by atoms with van der Waals surface area (Å²) in [5.74, 6) is 1.15. The maximum absolute atomic E-state index is 12.7. The Balaban J connectivity index is 1.55. The van der Waals surface area contributed by atoms with Crippen LogP contribution in [0.3, 0.4) is 0 Å². The van der Waals surface area contributed by atoms with Crippen molar-refractivity contribution in [1.82, 2.24) is 20.3 Å². The maximum atomic E-state index is 12.7. The highest BCUT2D eigenvalue weighted by Gasteiger charge is 2.21. The van der Waals surface area contributed by atoms with E-state index in [1.807, 2.05) is 32.2 Å². The van der Waals surface area contributed by atoms with Gasteiger partial charge in [0.05, 0.1) is 13.2 Å². The van der Waals surface area contributed by atoms with E-state index in [9.17, 15) is 4.79 Å². The summed E-state index contributed by atoms with van der Waals surface area (Å²) < 4.78 is 11.1. The van der Waals surface area contributed by atoms with Gasteiger partial charge in [0.15, 0.2) is 0 Å².